The van der Waals surface area contributed by atoms with Crippen molar-refractivity contribution < 1.29 is 14.1 Å². The molecule has 3 heterocycles. The zero-order valence-corrected chi connectivity index (χ0v) is 12.9. The summed E-state index contributed by atoms with van der Waals surface area (Å²) in [5.41, 5.74) is 0.636. The molecule has 0 saturated carbocycles. The monoisotopic (exact) mass is 313 g/mol. The Morgan fingerprint density at radius 2 is 2.17 bits per heavy atom. The quantitative estimate of drug-likeness (QED) is 0.906. The molecule has 2 bridgehead atoms. The highest BCUT2D eigenvalue weighted by Gasteiger charge is 2.39. The number of nitrogens with one attached hydrogen (secondary N) is 2. The van der Waals surface area contributed by atoms with Crippen LogP contribution in [0.4, 0.5) is 0 Å². The Balaban J connectivity index is 1.38. The molecule has 0 radical (unpaired) electrons. The topological polar surface area (TPSA) is 76.4 Å². The molecule has 2 saturated heterocycles. The summed E-state index contributed by atoms with van der Waals surface area (Å²) in [6.45, 7) is 1.80. The second kappa shape index (κ2) is 5.70. The lowest BCUT2D eigenvalue weighted by atomic mass is 9.95. The van der Waals surface area contributed by atoms with Gasteiger partial charge in [-0.1, -0.05) is 0 Å². The van der Waals surface area contributed by atoms with E-state index in [-0.39, 0.29) is 11.9 Å². The second-order valence-electron chi connectivity index (χ2n) is 6.27. The third kappa shape index (κ3) is 2.94. The van der Waals surface area contributed by atoms with E-state index in [9.17, 15) is 4.79 Å². The number of aromatic nitrogens is 1. The van der Waals surface area contributed by atoms with E-state index in [1.165, 1.54) is 6.42 Å². The molecule has 0 spiro atoms. The summed E-state index contributed by atoms with van der Waals surface area (Å²) < 4.78 is 10.5. The first-order valence-corrected chi connectivity index (χ1v) is 7.95. The first-order valence-electron chi connectivity index (χ1n) is 7.95. The van der Waals surface area contributed by atoms with Gasteiger partial charge in [-0.15, -0.1) is 0 Å². The Hall–Kier alpha value is -2.34. The number of ether oxygens (including phenoxy) is 1. The SMILES string of the molecule is Cc1cc(Oc2ccc(C(=O)NC3CC4CCC3N4)cc2)no1. The zero-order valence-electron chi connectivity index (χ0n) is 12.9. The predicted molar refractivity (Wildman–Crippen MR) is 83.6 cm³/mol. The van der Waals surface area contributed by atoms with Crippen LogP contribution in [0.2, 0.25) is 0 Å². The van der Waals surface area contributed by atoms with E-state index in [4.69, 9.17) is 9.26 Å². The van der Waals surface area contributed by atoms with Crippen LogP contribution in [-0.2, 0) is 0 Å². The smallest absolute Gasteiger partial charge is 0.259 e. The molecular weight excluding hydrogens is 294 g/mol. The number of carbonyl (C=O) groups is 1. The Bertz CT molecular complexity index is 710. The average Bonchev–Trinajstić information content (AvgIpc) is 3.25. The first kappa shape index (κ1) is 14.3. The van der Waals surface area contributed by atoms with Crippen LogP contribution in [0.25, 0.3) is 0 Å². The van der Waals surface area contributed by atoms with Gasteiger partial charge in [0.15, 0.2) is 0 Å². The average molecular weight is 313 g/mol. The van der Waals surface area contributed by atoms with Gasteiger partial charge in [-0.2, -0.15) is 0 Å². The number of benzene rings is 1. The van der Waals surface area contributed by atoms with E-state index in [0.717, 1.165) is 12.8 Å². The standard InChI is InChI=1S/C17H19N3O3/c1-10-8-16(20-23-10)22-13-5-2-11(3-6-13)17(21)19-15-9-12-4-7-14(15)18-12/h2-3,5-6,8,12,14-15,18H,4,7,9H2,1H3,(H,19,21). The van der Waals surface area contributed by atoms with Crippen LogP contribution in [0.15, 0.2) is 34.9 Å². The van der Waals surface area contributed by atoms with Crippen molar-refractivity contribution in [1.29, 1.82) is 0 Å². The van der Waals surface area contributed by atoms with Gasteiger partial charge < -0.3 is 19.9 Å². The van der Waals surface area contributed by atoms with E-state index in [1.54, 1.807) is 37.3 Å². The maximum absolute atomic E-state index is 12.3. The summed E-state index contributed by atoms with van der Waals surface area (Å²) in [6.07, 6.45) is 3.41. The molecule has 2 fully saturated rings. The van der Waals surface area contributed by atoms with E-state index < -0.39 is 0 Å². The van der Waals surface area contributed by atoms with Crippen LogP contribution >= 0.6 is 0 Å². The third-order valence-electron chi connectivity index (χ3n) is 4.56. The molecule has 6 nitrogen and oxygen atoms in total. The van der Waals surface area contributed by atoms with Gasteiger partial charge in [-0.3, -0.25) is 4.79 Å². The molecule has 2 N–H and O–H groups in total. The highest BCUT2D eigenvalue weighted by atomic mass is 16.5. The number of aryl methyl sites for hydroxylation is 1. The third-order valence-corrected chi connectivity index (χ3v) is 4.56. The van der Waals surface area contributed by atoms with Gasteiger partial charge in [0.2, 0.25) is 0 Å². The molecule has 3 atom stereocenters. The predicted octanol–water partition coefficient (Wildman–Crippen LogP) is 2.40. The van der Waals surface area contributed by atoms with Gasteiger partial charge in [-0.05, 0) is 55.6 Å². The van der Waals surface area contributed by atoms with Crippen molar-refractivity contribution in [2.45, 2.75) is 44.3 Å². The summed E-state index contributed by atoms with van der Waals surface area (Å²) in [5, 5.41) is 10.4. The second-order valence-corrected chi connectivity index (χ2v) is 6.27. The van der Waals surface area contributed by atoms with Crippen LogP contribution in [-0.4, -0.2) is 29.2 Å². The lowest BCUT2D eigenvalue weighted by molar-refractivity contribution is 0.0931. The summed E-state index contributed by atoms with van der Waals surface area (Å²) in [5.74, 6) is 1.69. The molecular formula is C17H19N3O3. The van der Waals surface area contributed by atoms with Crippen LogP contribution in [0.1, 0.15) is 35.4 Å². The van der Waals surface area contributed by atoms with Gasteiger partial charge in [0, 0.05) is 29.8 Å². The largest absolute Gasteiger partial charge is 0.436 e. The van der Waals surface area contributed by atoms with Crippen molar-refractivity contribution in [1.82, 2.24) is 15.8 Å². The van der Waals surface area contributed by atoms with Gasteiger partial charge in [0.05, 0.1) is 0 Å². The molecule has 120 valence electrons. The van der Waals surface area contributed by atoms with E-state index >= 15 is 0 Å². The molecule has 0 aliphatic carbocycles. The summed E-state index contributed by atoms with van der Waals surface area (Å²) in [7, 11) is 0. The van der Waals surface area contributed by atoms with Crippen molar-refractivity contribution in [2.75, 3.05) is 0 Å². The van der Waals surface area contributed by atoms with Crippen molar-refractivity contribution in [3.63, 3.8) is 0 Å². The fourth-order valence-electron chi connectivity index (χ4n) is 3.42. The number of carbonyl (C=O) groups excluding carboxylic acids is 1. The van der Waals surface area contributed by atoms with E-state index in [2.05, 4.69) is 15.8 Å². The molecule has 1 aromatic carbocycles. The summed E-state index contributed by atoms with van der Waals surface area (Å²) in [4.78, 5) is 12.3. The number of hydrogen-bond donors (Lipinski definition) is 2. The molecule has 2 aromatic rings. The minimum Gasteiger partial charge on any atom is -0.436 e. The highest BCUT2D eigenvalue weighted by Crippen LogP contribution is 2.28. The number of nitrogens with zero attached hydrogens (tertiary/aromatic N) is 1. The normalized spacial score (nSPS) is 25.5. The maximum atomic E-state index is 12.3. The van der Waals surface area contributed by atoms with Crippen LogP contribution < -0.4 is 15.4 Å². The van der Waals surface area contributed by atoms with Gasteiger partial charge in [-0.25, -0.2) is 0 Å². The Kier molecular flexibility index (Phi) is 3.53. The van der Waals surface area contributed by atoms with Crippen molar-refractivity contribution in [2.24, 2.45) is 0 Å². The fraction of sp³-hybridized carbons (Fsp3) is 0.412. The summed E-state index contributed by atoms with van der Waals surface area (Å²) in [6, 6.07) is 10.0. The van der Waals surface area contributed by atoms with Gasteiger partial charge in [0.25, 0.3) is 11.8 Å². The first-order chi connectivity index (χ1) is 11.2. The summed E-state index contributed by atoms with van der Waals surface area (Å²) >= 11 is 0. The zero-order chi connectivity index (χ0) is 15.8. The number of amides is 1. The van der Waals surface area contributed by atoms with Crippen molar-refractivity contribution >= 4 is 5.91 Å². The lowest BCUT2D eigenvalue weighted by Gasteiger charge is -2.21. The van der Waals surface area contributed by atoms with Crippen LogP contribution in [0, 0.1) is 6.92 Å². The minimum atomic E-state index is -0.0341. The van der Waals surface area contributed by atoms with E-state index in [0.29, 0.717) is 35.0 Å². The molecule has 1 aromatic heterocycles. The molecule has 1 amide bonds. The fourth-order valence-corrected chi connectivity index (χ4v) is 3.42. The van der Waals surface area contributed by atoms with E-state index in [1.807, 2.05) is 0 Å². The molecule has 4 rings (SSSR count). The Labute approximate surface area is 134 Å². The maximum Gasteiger partial charge on any atom is 0.259 e. The van der Waals surface area contributed by atoms with Crippen LogP contribution in [0.3, 0.4) is 0 Å². The van der Waals surface area contributed by atoms with Crippen molar-refractivity contribution in [3.05, 3.63) is 41.7 Å². The van der Waals surface area contributed by atoms with Gasteiger partial charge >= 0.3 is 0 Å². The molecule has 2 aliphatic heterocycles. The molecule has 2 aliphatic rings. The van der Waals surface area contributed by atoms with Crippen LogP contribution in [0.5, 0.6) is 11.6 Å². The lowest BCUT2D eigenvalue weighted by Crippen LogP contribution is -2.42. The Morgan fingerprint density at radius 3 is 2.78 bits per heavy atom. The Morgan fingerprint density at radius 1 is 1.35 bits per heavy atom. The van der Waals surface area contributed by atoms with Crippen molar-refractivity contribution in [3.8, 4) is 11.6 Å². The molecule has 6 heteroatoms. The molecule has 23 heavy (non-hydrogen) atoms. The minimum absolute atomic E-state index is 0.0341. The highest BCUT2D eigenvalue weighted by molar-refractivity contribution is 5.94. The number of fused-ring (bicyclic) bond motifs is 2. The molecule has 3 unspecified atom stereocenters. The van der Waals surface area contributed by atoms with Gasteiger partial charge in [0.1, 0.15) is 11.5 Å². The number of hydrogen-bond acceptors (Lipinski definition) is 5. The number of rotatable bonds is 4.